The first-order valence-corrected chi connectivity index (χ1v) is 8.33. The van der Waals surface area contributed by atoms with Gasteiger partial charge in [0.1, 0.15) is 0 Å². The van der Waals surface area contributed by atoms with Gasteiger partial charge in [-0.3, -0.25) is 9.97 Å². The molecule has 0 atom stereocenters. The van der Waals surface area contributed by atoms with E-state index in [-0.39, 0.29) is 0 Å². The van der Waals surface area contributed by atoms with Crippen molar-refractivity contribution in [2.45, 2.75) is 0 Å². The molecule has 0 amide bonds. The summed E-state index contributed by atoms with van der Waals surface area (Å²) < 4.78 is 2.57. The van der Waals surface area contributed by atoms with Crippen LogP contribution in [0.2, 0.25) is 0 Å². The Labute approximate surface area is 137 Å². The fourth-order valence-corrected chi connectivity index (χ4v) is 4.19. The van der Waals surface area contributed by atoms with Crippen molar-refractivity contribution >= 4 is 42.4 Å². The fourth-order valence-electron chi connectivity index (χ4n) is 3.08. The summed E-state index contributed by atoms with van der Waals surface area (Å²) in [5.74, 6) is 0. The summed E-state index contributed by atoms with van der Waals surface area (Å²) in [4.78, 5) is 9.26. The van der Waals surface area contributed by atoms with Crippen LogP contribution in [0.15, 0.2) is 73.1 Å². The molecular weight excluding hydrogens is 300 g/mol. The van der Waals surface area contributed by atoms with Crippen LogP contribution < -0.4 is 0 Å². The third kappa shape index (κ3) is 1.94. The smallest absolute Gasteiger partial charge is 0.0795 e. The fraction of sp³-hybridized carbons (Fsp3) is 0. The van der Waals surface area contributed by atoms with E-state index in [1.54, 1.807) is 0 Å². The second kappa shape index (κ2) is 4.86. The van der Waals surface area contributed by atoms with Crippen LogP contribution in [0, 0.1) is 0 Å². The number of nitrogens with zero attached hydrogens (tertiary/aromatic N) is 2. The molecule has 2 nitrogen and oxygen atoms in total. The molecule has 0 saturated heterocycles. The molecule has 108 valence electrons. The summed E-state index contributed by atoms with van der Waals surface area (Å²) in [6.07, 6.45) is 3.83. The van der Waals surface area contributed by atoms with Gasteiger partial charge in [0.2, 0.25) is 0 Å². The van der Waals surface area contributed by atoms with Crippen molar-refractivity contribution in [1.29, 1.82) is 0 Å². The Morgan fingerprint density at radius 3 is 2.65 bits per heavy atom. The Kier molecular flexibility index (Phi) is 2.69. The van der Waals surface area contributed by atoms with Gasteiger partial charge in [-0.1, -0.05) is 42.5 Å². The molecule has 0 N–H and O–H groups in total. The Hall–Kier alpha value is -2.78. The SMILES string of the molecule is c1cnc2c(-c3cc4sc5ccccc5c4cn3)cccc2c1. The van der Waals surface area contributed by atoms with Crippen molar-refractivity contribution in [2.24, 2.45) is 0 Å². The maximum atomic E-state index is 4.72. The zero-order valence-electron chi connectivity index (χ0n) is 12.2. The van der Waals surface area contributed by atoms with Gasteiger partial charge < -0.3 is 0 Å². The van der Waals surface area contributed by atoms with Gasteiger partial charge in [-0.2, -0.15) is 0 Å². The van der Waals surface area contributed by atoms with Crippen LogP contribution in [0.4, 0.5) is 0 Å². The van der Waals surface area contributed by atoms with Gasteiger partial charge in [0.25, 0.3) is 0 Å². The first kappa shape index (κ1) is 12.7. The first-order valence-electron chi connectivity index (χ1n) is 7.51. The molecule has 5 aromatic rings. The lowest BCUT2D eigenvalue weighted by atomic mass is 10.1. The minimum absolute atomic E-state index is 0.980. The Morgan fingerprint density at radius 2 is 1.65 bits per heavy atom. The van der Waals surface area contributed by atoms with Crippen LogP contribution in [-0.2, 0) is 0 Å². The van der Waals surface area contributed by atoms with E-state index in [1.165, 1.54) is 20.2 Å². The zero-order chi connectivity index (χ0) is 15.2. The maximum Gasteiger partial charge on any atom is 0.0795 e. The minimum Gasteiger partial charge on any atom is -0.256 e. The summed E-state index contributed by atoms with van der Waals surface area (Å²) in [7, 11) is 0. The molecule has 0 saturated carbocycles. The largest absolute Gasteiger partial charge is 0.256 e. The van der Waals surface area contributed by atoms with Crippen molar-refractivity contribution in [3.05, 3.63) is 73.1 Å². The number of pyridine rings is 2. The summed E-state index contributed by atoms with van der Waals surface area (Å²) in [6, 6.07) is 21.0. The van der Waals surface area contributed by atoms with Crippen LogP contribution in [0.3, 0.4) is 0 Å². The zero-order valence-corrected chi connectivity index (χ0v) is 13.0. The molecule has 0 bridgehead atoms. The lowest BCUT2D eigenvalue weighted by Crippen LogP contribution is -1.87. The van der Waals surface area contributed by atoms with E-state index in [0.717, 1.165) is 22.2 Å². The molecule has 0 fully saturated rings. The van der Waals surface area contributed by atoms with E-state index in [0.29, 0.717) is 0 Å². The predicted octanol–water partition coefficient (Wildman–Crippen LogP) is 5.66. The summed E-state index contributed by atoms with van der Waals surface area (Å²) in [5, 5.41) is 3.65. The van der Waals surface area contributed by atoms with Gasteiger partial charge in [-0.25, -0.2) is 0 Å². The molecule has 2 aromatic carbocycles. The van der Waals surface area contributed by atoms with E-state index < -0.39 is 0 Å². The second-order valence-electron chi connectivity index (χ2n) is 5.54. The Balaban J connectivity index is 1.81. The summed E-state index contributed by atoms with van der Waals surface area (Å²) >= 11 is 1.82. The van der Waals surface area contributed by atoms with Crippen molar-refractivity contribution < 1.29 is 0 Å². The normalized spacial score (nSPS) is 11.5. The highest BCUT2D eigenvalue weighted by molar-refractivity contribution is 7.25. The number of thiophene rings is 1. The molecule has 0 unspecified atom stereocenters. The molecular formula is C20H12N2S. The molecule has 0 spiro atoms. The van der Waals surface area contributed by atoms with Crippen LogP contribution >= 0.6 is 11.3 Å². The molecule has 3 aromatic heterocycles. The second-order valence-corrected chi connectivity index (χ2v) is 6.63. The number of fused-ring (bicyclic) bond motifs is 4. The van der Waals surface area contributed by atoms with Gasteiger partial charge in [0.05, 0.1) is 11.2 Å². The van der Waals surface area contributed by atoms with Crippen molar-refractivity contribution in [3.8, 4) is 11.3 Å². The van der Waals surface area contributed by atoms with Crippen LogP contribution in [0.1, 0.15) is 0 Å². The van der Waals surface area contributed by atoms with Gasteiger partial charge in [0, 0.05) is 43.5 Å². The topological polar surface area (TPSA) is 25.8 Å². The van der Waals surface area contributed by atoms with Gasteiger partial charge in [-0.05, 0) is 18.2 Å². The van der Waals surface area contributed by atoms with Crippen molar-refractivity contribution in [3.63, 3.8) is 0 Å². The van der Waals surface area contributed by atoms with Gasteiger partial charge in [-0.15, -0.1) is 11.3 Å². The van der Waals surface area contributed by atoms with Crippen LogP contribution in [0.5, 0.6) is 0 Å². The highest BCUT2D eigenvalue weighted by atomic mass is 32.1. The Bertz CT molecular complexity index is 1170. The molecule has 3 heterocycles. The van der Waals surface area contributed by atoms with E-state index in [2.05, 4.69) is 59.6 Å². The maximum absolute atomic E-state index is 4.72. The lowest BCUT2D eigenvalue weighted by molar-refractivity contribution is 1.35. The first-order chi connectivity index (χ1) is 11.4. The van der Waals surface area contributed by atoms with Crippen LogP contribution in [-0.4, -0.2) is 9.97 Å². The van der Waals surface area contributed by atoms with E-state index in [9.17, 15) is 0 Å². The lowest BCUT2D eigenvalue weighted by Gasteiger charge is -2.05. The van der Waals surface area contributed by atoms with Crippen molar-refractivity contribution in [2.75, 3.05) is 0 Å². The van der Waals surface area contributed by atoms with E-state index >= 15 is 0 Å². The predicted molar refractivity (Wildman–Crippen MR) is 97.9 cm³/mol. The molecule has 5 rings (SSSR count). The monoisotopic (exact) mass is 312 g/mol. The number of rotatable bonds is 1. The number of hydrogen-bond donors (Lipinski definition) is 0. The van der Waals surface area contributed by atoms with E-state index in [1.807, 2.05) is 29.8 Å². The average Bonchev–Trinajstić information content (AvgIpc) is 2.99. The highest BCUT2D eigenvalue weighted by Gasteiger charge is 2.10. The summed E-state index contributed by atoms with van der Waals surface area (Å²) in [5.41, 5.74) is 3.07. The van der Waals surface area contributed by atoms with E-state index in [4.69, 9.17) is 4.98 Å². The molecule has 23 heavy (non-hydrogen) atoms. The molecule has 0 aliphatic heterocycles. The number of hydrogen-bond acceptors (Lipinski definition) is 3. The molecule has 3 heteroatoms. The Morgan fingerprint density at radius 1 is 0.739 bits per heavy atom. The minimum atomic E-state index is 0.980. The quantitative estimate of drug-likeness (QED) is 0.399. The average molecular weight is 312 g/mol. The summed E-state index contributed by atoms with van der Waals surface area (Å²) in [6.45, 7) is 0. The standard InChI is InChI=1S/C20H12N2S/c1-2-9-18-14(7-1)16-12-22-17(11-19(16)23-18)15-8-3-5-13-6-4-10-21-20(13)15/h1-12H. The molecule has 0 aliphatic carbocycles. The molecule has 0 radical (unpaired) electrons. The number of aromatic nitrogens is 2. The highest BCUT2D eigenvalue weighted by Crippen LogP contribution is 2.36. The number of benzene rings is 2. The van der Waals surface area contributed by atoms with Gasteiger partial charge in [0.15, 0.2) is 0 Å². The third-order valence-electron chi connectivity index (χ3n) is 4.17. The molecule has 0 aliphatic rings. The number of para-hydroxylation sites is 1. The third-order valence-corrected chi connectivity index (χ3v) is 5.31. The van der Waals surface area contributed by atoms with Crippen molar-refractivity contribution in [1.82, 2.24) is 9.97 Å². The van der Waals surface area contributed by atoms with Gasteiger partial charge >= 0.3 is 0 Å². The van der Waals surface area contributed by atoms with Crippen LogP contribution in [0.25, 0.3) is 42.3 Å².